The summed E-state index contributed by atoms with van der Waals surface area (Å²) in [6.45, 7) is 7.46. The number of aryl methyl sites for hydroxylation is 1. The van der Waals surface area contributed by atoms with Gasteiger partial charge < -0.3 is 15.0 Å². The summed E-state index contributed by atoms with van der Waals surface area (Å²) in [7, 11) is 0. The van der Waals surface area contributed by atoms with Crippen molar-refractivity contribution in [2.75, 3.05) is 6.61 Å². The molecule has 2 atom stereocenters. The van der Waals surface area contributed by atoms with Gasteiger partial charge in [0.25, 0.3) is 5.91 Å². The Bertz CT molecular complexity index is 840. The number of hydrogen-bond acceptors (Lipinski definition) is 3. The molecule has 29 heavy (non-hydrogen) atoms. The first-order chi connectivity index (χ1) is 13.8. The second kappa shape index (κ2) is 10.6. The van der Waals surface area contributed by atoms with Crippen LogP contribution in [0, 0.1) is 12.7 Å². The Morgan fingerprint density at radius 2 is 1.86 bits per heavy atom. The molecule has 0 saturated heterocycles. The lowest BCUT2D eigenvalue weighted by atomic mass is 10.1. The van der Waals surface area contributed by atoms with Crippen LogP contribution >= 0.6 is 0 Å². The highest BCUT2D eigenvalue weighted by Gasteiger charge is 2.27. The summed E-state index contributed by atoms with van der Waals surface area (Å²) in [4.78, 5) is 27.0. The fourth-order valence-corrected chi connectivity index (χ4v) is 2.84. The number of carbonyl (C=O) groups is 2. The zero-order valence-electron chi connectivity index (χ0n) is 17.4. The highest BCUT2D eigenvalue weighted by atomic mass is 19.1. The monoisotopic (exact) mass is 400 g/mol. The van der Waals surface area contributed by atoms with Gasteiger partial charge in [-0.15, -0.1) is 0 Å². The van der Waals surface area contributed by atoms with E-state index in [1.807, 2.05) is 45.0 Å². The molecule has 156 valence electrons. The molecule has 0 aromatic heterocycles. The number of carbonyl (C=O) groups excluding carboxylic acids is 2. The van der Waals surface area contributed by atoms with Gasteiger partial charge in [0.2, 0.25) is 5.91 Å². The van der Waals surface area contributed by atoms with Gasteiger partial charge in [-0.2, -0.15) is 0 Å². The van der Waals surface area contributed by atoms with Gasteiger partial charge in [-0.3, -0.25) is 9.59 Å². The Balaban J connectivity index is 2.17. The van der Waals surface area contributed by atoms with Gasteiger partial charge in [0, 0.05) is 12.6 Å². The van der Waals surface area contributed by atoms with Crippen molar-refractivity contribution in [2.45, 2.75) is 52.7 Å². The predicted molar refractivity (Wildman–Crippen MR) is 111 cm³/mol. The molecule has 0 unspecified atom stereocenters. The second-order valence-electron chi connectivity index (χ2n) is 7.22. The van der Waals surface area contributed by atoms with Crippen LogP contribution < -0.4 is 10.1 Å². The molecule has 0 aliphatic carbocycles. The van der Waals surface area contributed by atoms with E-state index in [1.54, 1.807) is 19.1 Å². The fraction of sp³-hybridized carbons (Fsp3) is 0.391. The van der Waals surface area contributed by atoms with Gasteiger partial charge in [-0.05, 0) is 44.9 Å². The smallest absolute Gasteiger partial charge is 0.261 e. The van der Waals surface area contributed by atoms with E-state index in [1.165, 1.54) is 17.0 Å². The lowest BCUT2D eigenvalue weighted by Gasteiger charge is -2.29. The first-order valence-corrected chi connectivity index (χ1v) is 9.84. The molecule has 0 aliphatic rings. The van der Waals surface area contributed by atoms with E-state index >= 15 is 0 Å². The molecule has 2 rings (SSSR count). The Labute approximate surface area is 171 Å². The summed E-state index contributed by atoms with van der Waals surface area (Å²) in [6, 6.07) is 13.0. The second-order valence-corrected chi connectivity index (χ2v) is 7.22. The third-order valence-corrected chi connectivity index (χ3v) is 4.79. The highest BCUT2D eigenvalue weighted by Crippen LogP contribution is 2.17. The van der Waals surface area contributed by atoms with Crippen LogP contribution in [-0.2, 0) is 16.1 Å². The van der Waals surface area contributed by atoms with Gasteiger partial charge in [0.1, 0.15) is 6.04 Å². The third-order valence-electron chi connectivity index (χ3n) is 4.79. The maximum Gasteiger partial charge on any atom is 0.261 e. The van der Waals surface area contributed by atoms with E-state index in [4.69, 9.17) is 4.74 Å². The van der Waals surface area contributed by atoms with Crippen LogP contribution in [0.5, 0.6) is 5.75 Å². The molecule has 0 heterocycles. The van der Waals surface area contributed by atoms with E-state index in [-0.39, 0.29) is 36.8 Å². The quantitative estimate of drug-likeness (QED) is 0.696. The SMILES string of the molecule is CC[C@H](C)NC(=O)[C@H](C)N(Cc1cccc(C)c1)C(=O)COc1ccccc1F. The van der Waals surface area contributed by atoms with Crippen LogP contribution in [0.1, 0.15) is 38.3 Å². The molecule has 0 aliphatic heterocycles. The maximum atomic E-state index is 13.8. The van der Waals surface area contributed by atoms with Crippen LogP contribution in [0.4, 0.5) is 4.39 Å². The van der Waals surface area contributed by atoms with Gasteiger partial charge in [0.15, 0.2) is 18.2 Å². The van der Waals surface area contributed by atoms with Crippen LogP contribution in [0.15, 0.2) is 48.5 Å². The Morgan fingerprint density at radius 3 is 2.52 bits per heavy atom. The van der Waals surface area contributed by atoms with Gasteiger partial charge in [-0.25, -0.2) is 4.39 Å². The minimum absolute atomic E-state index is 0.00747. The summed E-state index contributed by atoms with van der Waals surface area (Å²) >= 11 is 0. The van der Waals surface area contributed by atoms with Crippen LogP contribution in [0.2, 0.25) is 0 Å². The summed E-state index contributed by atoms with van der Waals surface area (Å²) < 4.78 is 19.2. The van der Waals surface area contributed by atoms with Gasteiger partial charge >= 0.3 is 0 Å². The molecule has 0 fully saturated rings. The number of halogens is 1. The van der Waals surface area contributed by atoms with Gasteiger partial charge in [-0.1, -0.05) is 48.9 Å². The molecular weight excluding hydrogens is 371 g/mol. The minimum Gasteiger partial charge on any atom is -0.481 e. The molecule has 5 nitrogen and oxygen atoms in total. The van der Waals surface area contributed by atoms with E-state index in [2.05, 4.69) is 5.32 Å². The standard InChI is InChI=1S/C23H29FN2O3/c1-5-17(3)25-23(28)18(4)26(14-19-10-8-9-16(2)13-19)22(27)15-29-21-12-7-6-11-20(21)24/h6-13,17-18H,5,14-15H2,1-4H3,(H,25,28)/t17-,18-/m0/s1. The van der Waals surface area contributed by atoms with Crippen molar-refractivity contribution in [1.82, 2.24) is 10.2 Å². The Kier molecular flexibility index (Phi) is 8.19. The summed E-state index contributed by atoms with van der Waals surface area (Å²) in [5, 5.41) is 2.91. The Morgan fingerprint density at radius 1 is 1.14 bits per heavy atom. The van der Waals surface area contributed by atoms with Crippen molar-refractivity contribution >= 4 is 11.8 Å². The number of rotatable bonds is 9. The number of hydrogen-bond donors (Lipinski definition) is 1. The molecule has 1 N–H and O–H groups in total. The molecule has 0 bridgehead atoms. The van der Waals surface area contributed by atoms with Crippen molar-refractivity contribution in [3.05, 3.63) is 65.5 Å². The molecule has 2 amide bonds. The minimum atomic E-state index is -0.693. The van der Waals surface area contributed by atoms with Gasteiger partial charge in [0.05, 0.1) is 0 Å². The molecule has 2 aromatic carbocycles. The van der Waals surface area contributed by atoms with Crippen molar-refractivity contribution < 1.29 is 18.7 Å². The molecule has 0 radical (unpaired) electrons. The molecule has 0 saturated carbocycles. The zero-order valence-corrected chi connectivity index (χ0v) is 17.4. The normalized spacial score (nSPS) is 12.7. The summed E-state index contributed by atoms with van der Waals surface area (Å²) in [5.74, 6) is -1.14. The largest absolute Gasteiger partial charge is 0.481 e. The topological polar surface area (TPSA) is 58.6 Å². The van der Waals surface area contributed by atoms with E-state index in [9.17, 15) is 14.0 Å². The van der Waals surface area contributed by atoms with Crippen molar-refractivity contribution in [2.24, 2.45) is 0 Å². The molecule has 6 heteroatoms. The number of para-hydroxylation sites is 1. The van der Waals surface area contributed by atoms with Crippen molar-refractivity contribution in [3.63, 3.8) is 0 Å². The van der Waals surface area contributed by atoms with Crippen LogP contribution in [0.25, 0.3) is 0 Å². The number of nitrogens with zero attached hydrogens (tertiary/aromatic N) is 1. The number of ether oxygens (including phenoxy) is 1. The summed E-state index contributed by atoms with van der Waals surface area (Å²) in [5.41, 5.74) is 1.97. The van der Waals surface area contributed by atoms with Crippen LogP contribution in [0.3, 0.4) is 0 Å². The van der Waals surface area contributed by atoms with E-state index < -0.39 is 11.9 Å². The molecule has 2 aromatic rings. The average Bonchev–Trinajstić information content (AvgIpc) is 2.70. The summed E-state index contributed by atoms with van der Waals surface area (Å²) in [6.07, 6.45) is 0.792. The average molecular weight is 400 g/mol. The molecular formula is C23H29FN2O3. The molecule has 0 spiro atoms. The van der Waals surface area contributed by atoms with E-state index in [0.29, 0.717) is 0 Å². The first kappa shape index (κ1) is 22.4. The zero-order chi connectivity index (χ0) is 21.4. The fourth-order valence-electron chi connectivity index (χ4n) is 2.84. The first-order valence-electron chi connectivity index (χ1n) is 9.84. The number of benzene rings is 2. The lowest BCUT2D eigenvalue weighted by molar-refractivity contribution is -0.142. The predicted octanol–water partition coefficient (Wildman–Crippen LogP) is 3.84. The van der Waals surface area contributed by atoms with Crippen molar-refractivity contribution in [1.29, 1.82) is 0 Å². The number of nitrogens with one attached hydrogen (secondary N) is 1. The van der Waals surface area contributed by atoms with E-state index in [0.717, 1.165) is 17.5 Å². The Hall–Kier alpha value is -2.89. The van der Waals surface area contributed by atoms with Crippen LogP contribution in [-0.4, -0.2) is 35.4 Å². The van der Waals surface area contributed by atoms with Crippen molar-refractivity contribution in [3.8, 4) is 5.75 Å². The highest BCUT2D eigenvalue weighted by molar-refractivity contribution is 5.88. The third kappa shape index (κ3) is 6.59. The number of amides is 2. The lowest BCUT2D eigenvalue weighted by Crippen LogP contribution is -2.50. The maximum absolute atomic E-state index is 13.8.